The number of aliphatic hydroxyl groups excluding tert-OH is 1. The molecule has 1 rings (SSSR count). The standard InChI is InChI=1S/C12H18ClN3O2/c1-18-7-5-16(4-6-17)9-2-3-10(12(14)15)11(13)8-9/h2-3,8,17H,4-7H2,1H3,(H3,14,15). The minimum atomic E-state index is -0.0582. The number of hydrogen-bond donors (Lipinski definition) is 3. The molecule has 0 saturated carbocycles. The average molecular weight is 272 g/mol. The predicted octanol–water partition coefficient (Wildman–Crippen LogP) is 1.07. The molecule has 0 heterocycles. The molecule has 0 atom stereocenters. The molecule has 0 aliphatic heterocycles. The first kappa shape index (κ1) is 14.8. The third kappa shape index (κ3) is 3.87. The van der Waals surface area contributed by atoms with Gasteiger partial charge >= 0.3 is 0 Å². The zero-order valence-corrected chi connectivity index (χ0v) is 11.1. The summed E-state index contributed by atoms with van der Waals surface area (Å²) in [5, 5.41) is 16.8. The number of halogens is 1. The highest BCUT2D eigenvalue weighted by molar-refractivity contribution is 6.34. The van der Waals surface area contributed by atoms with E-state index in [0.29, 0.717) is 30.3 Å². The summed E-state index contributed by atoms with van der Waals surface area (Å²) in [4.78, 5) is 1.96. The summed E-state index contributed by atoms with van der Waals surface area (Å²) in [5.41, 5.74) is 6.79. The van der Waals surface area contributed by atoms with Crippen LogP contribution in [0.3, 0.4) is 0 Å². The number of rotatable bonds is 7. The quantitative estimate of drug-likeness (QED) is 0.512. The molecule has 5 nitrogen and oxygen atoms in total. The maximum Gasteiger partial charge on any atom is 0.124 e. The number of nitrogens with two attached hydrogens (primary N) is 1. The van der Waals surface area contributed by atoms with Gasteiger partial charge < -0.3 is 20.5 Å². The molecule has 0 aliphatic rings. The number of aliphatic hydroxyl groups is 1. The van der Waals surface area contributed by atoms with Crippen molar-refractivity contribution in [3.05, 3.63) is 28.8 Å². The van der Waals surface area contributed by atoms with Crippen LogP contribution in [-0.4, -0.2) is 44.4 Å². The van der Waals surface area contributed by atoms with Crippen LogP contribution in [0.25, 0.3) is 0 Å². The van der Waals surface area contributed by atoms with Crippen molar-refractivity contribution in [2.24, 2.45) is 5.73 Å². The van der Waals surface area contributed by atoms with Gasteiger partial charge in [0.05, 0.1) is 18.2 Å². The van der Waals surface area contributed by atoms with Crippen molar-refractivity contribution in [2.45, 2.75) is 0 Å². The van der Waals surface area contributed by atoms with Crippen LogP contribution in [0, 0.1) is 5.41 Å². The minimum Gasteiger partial charge on any atom is -0.395 e. The Bertz CT molecular complexity index is 412. The molecule has 0 saturated heterocycles. The highest BCUT2D eigenvalue weighted by atomic mass is 35.5. The Morgan fingerprint density at radius 3 is 2.72 bits per heavy atom. The molecule has 6 heteroatoms. The van der Waals surface area contributed by atoms with Crippen LogP contribution in [-0.2, 0) is 4.74 Å². The summed E-state index contributed by atoms with van der Waals surface area (Å²) in [6.07, 6.45) is 0. The second-order valence-corrected chi connectivity index (χ2v) is 4.19. The van der Waals surface area contributed by atoms with Gasteiger partial charge in [-0.1, -0.05) is 11.6 Å². The van der Waals surface area contributed by atoms with Gasteiger partial charge in [-0.3, -0.25) is 5.41 Å². The lowest BCUT2D eigenvalue weighted by Crippen LogP contribution is -2.30. The van der Waals surface area contributed by atoms with Gasteiger partial charge in [-0.25, -0.2) is 0 Å². The van der Waals surface area contributed by atoms with E-state index in [-0.39, 0.29) is 12.4 Å². The summed E-state index contributed by atoms with van der Waals surface area (Å²) in [7, 11) is 1.63. The predicted molar refractivity (Wildman–Crippen MR) is 73.6 cm³/mol. The molecular weight excluding hydrogens is 254 g/mol. The number of ether oxygens (including phenoxy) is 1. The Labute approximate surface area is 112 Å². The molecule has 0 aliphatic carbocycles. The van der Waals surface area contributed by atoms with Crippen LogP contribution >= 0.6 is 11.6 Å². The molecular formula is C12H18ClN3O2. The topological polar surface area (TPSA) is 82.6 Å². The molecule has 0 radical (unpaired) electrons. The van der Waals surface area contributed by atoms with Crippen molar-refractivity contribution >= 4 is 23.1 Å². The van der Waals surface area contributed by atoms with Gasteiger partial charge in [-0.15, -0.1) is 0 Å². The molecule has 18 heavy (non-hydrogen) atoms. The first-order valence-corrected chi connectivity index (χ1v) is 5.96. The van der Waals surface area contributed by atoms with Gasteiger partial charge in [0.2, 0.25) is 0 Å². The molecule has 100 valence electrons. The van der Waals surface area contributed by atoms with Crippen LogP contribution in [0.1, 0.15) is 5.56 Å². The lowest BCUT2D eigenvalue weighted by molar-refractivity contribution is 0.203. The second kappa shape index (κ2) is 7.20. The Kier molecular flexibility index (Phi) is 5.91. The van der Waals surface area contributed by atoms with Crippen LogP contribution in [0.4, 0.5) is 5.69 Å². The average Bonchev–Trinajstić information content (AvgIpc) is 2.33. The monoisotopic (exact) mass is 271 g/mol. The summed E-state index contributed by atoms with van der Waals surface area (Å²) in [6.45, 7) is 1.77. The van der Waals surface area contributed by atoms with E-state index in [2.05, 4.69) is 0 Å². The van der Waals surface area contributed by atoms with Crippen molar-refractivity contribution in [2.75, 3.05) is 38.3 Å². The van der Waals surface area contributed by atoms with E-state index in [1.807, 2.05) is 11.0 Å². The van der Waals surface area contributed by atoms with Crippen LogP contribution in [0.2, 0.25) is 5.02 Å². The first-order chi connectivity index (χ1) is 8.60. The fraction of sp³-hybridized carbons (Fsp3) is 0.417. The summed E-state index contributed by atoms with van der Waals surface area (Å²) < 4.78 is 5.02. The molecule has 0 unspecified atom stereocenters. The molecule has 1 aromatic rings. The normalized spacial score (nSPS) is 10.4. The maximum atomic E-state index is 9.04. The molecule has 1 aromatic carbocycles. The molecule has 0 bridgehead atoms. The number of amidine groups is 1. The Morgan fingerprint density at radius 1 is 1.50 bits per heavy atom. The van der Waals surface area contributed by atoms with E-state index in [4.69, 9.17) is 32.6 Å². The molecule has 0 spiro atoms. The van der Waals surface area contributed by atoms with E-state index < -0.39 is 0 Å². The first-order valence-electron chi connectivity index (χ1n) is 5.58. The van der Waals surface area contributed by atoms with Crippen molar-refractivity contribution in [1.82, 2.24) is 0 Å². The summed E-state index contributed by atoms with van der Waals surface area (Å²) in [5.74, 6) is -0.0582. The van der Waals surface area contributed by atoms with Crippen LogP contribution < -0.4 is 10.6 Å². The van der Waals surface area contributed by atoms with Gasteiger partial charge in [-0.05, 0) is 18.2 Å². The maximum absolute atomic E-state index is 9.04. The van der Waals surface area contributed by atoms with Gasteiger partial charge in [0, 0.05) is 31.5 Å². The summed E-state index contributed by atoms with van der Waals surface area (Å²) in [6, 6.07) is 5.27. The third-order valence-electron chi connectivity index (χ3n) is 2.54. The Balaban J connectivity index is 2.91. The van der Waals surface area contributed by atoms with Gasteiger partial charge in [0.1, 0.15) is 5.84 Å². The lowest BCUT2D eigenvalue weighted by Gasteiger charge is -2.24. The van der Waals surface area contributed by atoms with Crippen molar-refractivity contribution < 1.29 is 9.84 Å². The van der Waals surface area contributed by atoms with E-state index >= 15 is 0 Å². The number of nitrogen functional groups attached to an aromatic ring is 1. The highest BCUT2D eigenvalue weighted by Crippen LogP contribution is 2.23. The number of nitrogens with zero attached hydrogens (tertiary/aromatic N) is 1. The Morgan fingerprint density at radius 2 is 2.22 bits per heavy atom. The third-order valence-corrected chi connectivity index (χ3v) is 2.86. The van der Waals surface area contributed by atoms with E-state index in [1.54, 1.807) is 19.2 Å². The summed E-state index contributed by atoms with van der Waals surface area (Å²) >= 11 is 6.06. The molecule has 4 N–H and O–H groups in total. The van der Waals surface area contributed by atoms with E-state index in [1.165, 1.54) is 0 Å². The molecule has 0 amide bonds. The molecule has 0 aromatic heterocycles. The fourth-order valence-corrected chi connectivity index (χ4v) is 1.89. The van der Waals surface area contributed by atoms with E-state index in [0.717, 1.165) is 5.69 Å². The SMILES string of the molecule is COCCN(CCO)c1ccc(C(=N)N)c(Cl)c1. The Hall–Kier alpha value is -1.30. The lowest BCUT2D eigenvalue weighted by atomic mass is 10.1. The second-order valence-electron chi connectivity index (χ2n) is 3.78. The van der Waals surface area contributed by atoms with Gasteiger partial charge in [0.25, 0.3) is 0 Å². The fourth-order valence-electron chi connectivity index (χ4n) is 1.61. The van der Waals surface area contributed by atoms with Crippen molar-refractivity contribution in [1.29, 1.82) is 5.41 Å². The van der Waals surface area contributed by atoms with Gasteiger partial charge in [-0.2, -0.15) is 0 Å². The highest BCUT2D eigenvalue weighted by Gasteiger charge is 2.09. The van der Waals surface area contributed by atoms with Gasteiger partial charge in [0.15, 0.2) is 0 Å². The smallest absolute Gasteiger partial charge is 0.124 e. The zero-order chi connectivity index (χ0) is 13.5. The number of nitrogens with one attached hydrogen (secondary N) is 1. The minimum absolute atomic E-state index is 0.0514. The van der Waals surface area contributed by atoms with Crippen molar-refractivity contribution in [3.63, 3.8) is 0 Å². The zero-order valence-electron chi connectivity index (χ0n) is 10.3. The molecule has 0 fully saturated rings. The van der Waals surface area contributed by atoms with Crippen molar-refractivity contribution in [3.8, 4) is 0 Å². The number of benzene rings is 1. The number of anilines is 1. The van der Waals surface area contributed by atoms with Crippen LogP contribution in [0.5, 0.6) is 0 Å². The largest absolute Gasteiger partial charge is 0.395 e. The van der Waals surface area contributed by atoms with E-state index in [9.17, 15) is 0 Å². The number of methoxy groups -OCH3 is 1. The van der Waals surface area contributed by atoms with Crippen LogP contribution in [0.15, 0.2) is 18.2 Å². The number of hydrogen-bond acceptors (Lipinski definition) is 4.